The number of nitro groups is 1. The zero-order valence-corrected chi connectivity index (χ0v) is 16.2. The molecule has 0 aliphatic heterocycles. The van der Waals surface area contributed by atoms with Gasteiger partial charge in [0.05, 0.1) is 31.3 Å². The summed E-state index contributed by atoms with van der Waals surface area (Å²) in [5.41, 5.74) is 0.392. The maximum atomic E-state index is 12.3. The molecule has 0 fully saturated rings. The van der Waals surface area contributed by atoms with Crippen LogP contribution in [0.4, 0.5) is 5.69 Å². The van der Waals surface area contributed by atoms with E-state index in [1.165, 1.54) is 33.3 Å². The number of benzene rings is 1. The third kappa shape index (κ3) is 4.69. The highest BCUT2D eigenvalue weighted by Gasteiger charge is 2.28. The number of non-ortho nitro benzene ring substituents is 1. The van der Waals surface area contributed by atoms with E-state index in [0.29, 0.717) is 6.54 Å². The predicted octanol–water partition coefficient (Wildman–Crippen LogP) is 2.21. The monoisotopic (exact) mass is 400 g/mol. The Morgan fingerprint density at radius 1 is 1.30 bits per heavy atom. The molecule has 2 N–H and O–H groups in total. The Morgan fingerprint density at radius 3 is 2.48 bits per heavy atom. The number of ether oxygens (including phenoxy) is 2. The molecule has 12 heteroatoms. The molecule has 2 rings (SSSR count). The molecule has 148 valence electrons. The van der Waals surface area contributed by atoms with Gasteiger partial charge in [0, 0.05) is 17.7 Å². The molecular formula is C15H21N4O7P. The quantitative estimate of drug-likeness (QED) is 0.365. The van der Waals surface area contributed by atoms with Gasteiger partial charge in [-0.2, -0.15) is 0 Å². The SMILES string of the molecule is CCNC(C)P(=O)(O)OCc1cc([N+](=O)[O-])cc2nc(OC)c(OC)nc12. The van der Waals surface area contributed by atoms with Crippen molar-refractivity contribution in [3.8, 4) is 11.8 Å². The summed E-state index contributed by atoms with van der Waals surface area (Å²) in [7, 11) is -1.26. The van der Waals surface area contributed by atoms with E-state index in [1.54, 1.807) is 6.92 Å². The third-order valence-electron chi connectivity index (χ3n) is 3.76. The molecule has 2 atom stereocenters. The number of rotatable bonds is 9. The van der Waals surface area contributed by atoms with Crippen molar-refractivity contribution in [3.63, 3.8) is 0 Å². The van der Waals surface area contributed by atoms with Gasteiger partial charge in [-0.3, -0.25) is 14.7 Å². The molecule has 2 unspecified atom stereocenters. The molecule has 0 aliphatic rings. The zero-order chi connectivity index (χ0) is 20.2. The van der Waals surface area contributed by atoms with Gasteiger partial charge in [0.1, 0.15) is 11.3 Å². The maximum Gasteiger partial charge on any atom is 0.344 e. The van der Waals surface area contributed by atoms with Gasteiger partial charge >= 0.3 is 7.60 Å². The van der Waals surface area contributed by atoms with Gasteiger partial charge in [0.2, 0.25) is 0 Å². The number of fused-ring (bicyclic) bond motifs is 1. The highest BCUT2D eigenvalue weighted by atomic mass is 31.2. The molecule has 11 nitrogen and oxygen atoms in total. The van der Waals surface area contributed by atoms with Crippen LogP contribution in [0.3, 0.4) is 0 Å². The molecule has 1 aromatic heterocycles. The van der Waals surface area contributed by atoms with Crippen LogP contribution in [0.2, 0.25) is 0 Å². The first-order chi connectivity index (χ1) is 12.7. The standard InChI is InChI=1S/C15H21N4O7P/c1-5-16-9(2)27(22,23)26-8-10-6-11(19(20)21)7-12-13(10)18-15(25-4)14(17-12)24-3/h6-7,9,16H,5,8H2,1-4H3,(H,22,23). The average Bonchev–Trinajstić information content (AvgIpc) is 2.64. The summed E-state index contributed by atoms with van der Waals surface area (Å²) in [5.74, 6) is -0.660. The lowest BCUT2D eigenvalue weighted by Crippen LogP contribution is -2.26. The van der Waals surface area contributed by atoms with E-state index in [9.17, 15) is 19.6 Å². The molecule has 0 aliphatic carbocycles. The number of nitrogens with zero attached hydrogens (tertiary/aromatic N) is 3. The molecule has 0 amide bonds. The molecule has 0 saturated heterocycles. The van der Waals surface area contributed by atoms with E-state index in [-0.39, 0.29) is 40.7 Å². The molecule has 0 radical (unpaired) electrons. The molecule has 0 spiro atoms. The Morgan fingerprint density at radius 2 is 1.93 bits per heavy atom. The normalized spacial score (nSPS) is 14.6. The van der Waals surface area contributed by atoms with Gasteiger partial charge in [-0.05, 0) is 13.5 Å². The minimum absolute atomic E-state index is 0.0611. The van der Waals surface area contributed by atoms with Gasteiger partial charge < -0.3 is 24.2 Å². The van der Waals surface area contributed by atoms with E-state index >= 15 is 0 Å². The van der Waals surface area contributed by atoms with E-state index in [0.717, 1.165) is 0 Å². The summed E-state index contributed by atoms with van der Waals surface area (Å²) in [5, 5.41) is 14.0. The largest absolute Gasteiger partial charge is 0.477 e. The van der Waals surface area contributed by atoms with Gasteiger partial charge in [0.25, 0.3) is 17.4 Å². The van der Waals surface area contributed by atoms with Crippen molar-refractivity contribution in [1.82, 2.24) is 15.3 Å². The van der Waals surface area contributed by atoms with E-state index in [2.05, 4.69) is 15.3 Å². The highest BCUT2D eigenvalue weighted by Crippen LogP contribution is 2.47. The van der Waals surface area contributed by atoms with Crippen LogP contribution in [0.15, 0.2) is 12.1 Å². The van der Waals surface area contributed by atoms with Crippen molar-refractivity contribution >= 4 is 24.3 Å². The number of nitrogens with one attached hydrogen (secondary N) is 1. The molecule has 1 heterocycles. The molecule has 0 saturated carbocycles. The number of methoxy groups -OCH3 is 2. The molecule has 1 aromatic carbocycles. The number of nitro benzene ring substituents is 1. The van der Waals surface area contributed by atoms with Crippen LogP contribution in [-0.4, -0.2) is 46.3 Å². The van der Waals surface area contributed by atoms with Crippen molar-refractivity contribution < 1.29 is 28.4 Å². The second-order valence-electron chi connectivity index (χ2n) is 5.54. The molecule has 27 heavy (non-hydrogen) atoms. The molecule has 0 bridgehead atoms. The fraction of sp³-hybridized carbons (Fsp3) is 0.467. The summed E-state index contributed by atoms with van der Waals surface area (Å²) >= 11 is 0. The van der Waals surface area contributed by atoms with Crippen molar-refractivity contribution in [2.75, 3.05) is 20.8 Å². The van der Waals surface area contributed by atoms with E-state index < -0.39 is 18.3 Å². The van der Waals surface area contributed by atoms with Gasteiger partial charge in [-0.1, -0.05) is 6.92 Å². The van der Waals surface area contributed by atoms with Crippen LogP contribution < -0.4 is 14.8 Å². The topological polar surface area (TPSA) is 146 Å². The highest BCUT2D eigenvalue weighted by molar-refractivity contribution is 7.53. The van der Waals surface area contributed by atoms with Crippen LogP contribution in [0.25, 0.3) is 11.0 Å². The third-order valence-corrected chi connectivity index (χ3v) is 5.42. The number of hydrogen-bond acceptors (Lipinski definition) is 9. The first-order valence-electron chi connectivity index (χ1n) is 8.00. The first kappa shape index (κ1) is 21.0. The van der Waals surface area contributed by atoms with E-state index in [1.807, 2.05) is 0 Å². The second-order valence-corrected chi connectivity index (χ2v) is 7.70. The van der Waals surface area contributed by atoms with Crippen molar-refractivity contribution in [2.24, 2.45) is 0 Å². The van der Waals surface area contributed by atoms with Crippen LogP contribution in [0.5, 0.6) is 11.8 Å². The zero-order valence-electron chi connectivity index (χ0n) is 15.3. The van der Waals surface area contributed by atoms with Gasteiger partial charge in [-0.25, -0.2) is 9.97 Å². The first-order valence-corrected chi connectivity index (χ1v) is 9.65. The smallest absolute Gasteiger partial charge is 0.344 e. The Labute approximate surface area is 155 Å². The molecular weight excluding hydrogens is 379 g/mol. The fourth-order valence-corrected chi connectivity index (χ4v) is 3.31. The van der Waals surface area contributed by atoms with Crippen LogP contribution in [-0.2, 0) is 15.7 Å². The Hall–Kier alpha value is -2.33. The van der Waals surface area contributed by atoms with Crippen LogP contribution >= 0.6 is 7.60 Å². The summed E-state index contributed by atoms with van der Waals surface area (Å²) in [4.78, 5) is 29.1. The number of hydrogen-bond donors (Lipinski definition) is 2. The van der Waals surface area contributed by atoms with Crippen molar-refractivity contribution in [2.45, 2.75) is 26.2 Å². The lowest BCUT2D eigenvalue weighted by molar-refractivity contribution is -0.384. The molecule has 2 aromatic rings. The Balaban J connectivity index is 2.50. The van der Waals surface area contributed by atoms with Crippen LogP contribution in [0.1, 0.15) is 19.4 Å². The summed E-state index contributed by atoms with van der Waals surface area (Å²) in [6.45, 7) is 3.42. The summed E-state index contributed by atoms with van der Waals surface area (Å²) in [6, 6.07) is 2.45. The summed E-state index contributed by atoms with van der Waals surface area (Å²) < 4.78 is 27.7. The average molecular weight is 400 g/mol. The fourth-order valence-electron chi connectivity index (χ4n) is 2.35. The van der Waals surface area contributed by atoms with Crippen LogP contribution in [0, 0.1) is 10.1 Å². The lowest BCUT2D eigenvalue weighted by atomic mass is 10.1. The van der Waals surface area contributed by atoms with Crippen molar-refractivity contribution in [1.29, 1.82) is 0 Å². The maximum absolute atomic E-state index is 12.3. The summed E-state index contributed by atoms with van der Waals surface area (Å²) in [6.07, 6.45) is 0. The Kier molecular flexibility index (Phi) is 6.66. The van der Waals surface area contributed by atoms with Crippen molar-refractivity contribution in [3.05, 3.63) is 27.8 Å². The van der Waals surface area contributed by atoms with E-state index in [4.69, 9.17) is 14.0 Å². The minimum Gasteiger partial charge on any atom is -0.477 e. The van der Waals surface area contributed by atoms with Gasteiger partial charge in [-0.15, -0.1) is 0 Å². The second kappa shape index (κ2) is 8.57. The Bertz CT molecular complexity index is 892. The predicted molar refractivity (Wildman–Crippen MR) is 97.0 cm³/mol. The van der Waals surface area contributed by atoms with Gasteiger partial charge in [0.15, 0.2) is 0 Å². The number of aromatic nitrogens is 2. The lowest BCUT2D eigenvalue weighted by Gasteiger charge is -2.19. The minimum atomic E-state index is -4.00.